The molecule has 1 aromatic rings. The van der Waals surface area contributed by atoms with Crippen LogP contribution in [-0.2, 0) is 10.2 Å². The smallest absolute Gasteiger partial charge is 0.175 e. The molecule has 3 heteroatoms. The molecule has 0 unspecified atom stereocenters. The molecule has 1 aliphatic carbocycles. The molecule has 0 bridgehead atoms. The fraction of sp³-hybridized carbons (Fsp3) is 0.667. The number of methoxy groups -OCH3 is 1. The zero-order chi connectivity index (χ0) is 13.4. The number of Topliss-reactive ketones (excluding diaryl/α,β-unsaturated/α-hetero) is 1. The lowest BCUT2D eigenvalue weighted by Gasteiger charge is -2.39. The highest BCUT2D eigenvalue weighted by atomic mass is 32.1. The minimum atomic E-state index is -0.164. The fourth-order valence-electron chi connectivity index (χ4n) is 2.29. The molecule has 1 heterocycles. The molecular weight excluding hydrogens is 244 g/mol. The van der Waals surface area contributed by atoms with Gasteiger partial charge in [0.25, 0.3) is 0 Å². The molecule has 0 aliphatic heterocycles. The molecule has 0 amide bonds. The van der Waals surface area contributed by atoms with Crippen LogP contribution in [0, 0.1) is 0 Å². The second kappa shape index (κ2) is 4.78. The van der Waals surface area contributed by atoms with Gasteiger partial charge in [0, 0.05) is 18.4 Å². The van der Waals surface area contributed by atoms with Crippen molar-refractivity contribution >= 4 is 17.1 Å². The van der Waals surface area contributed by atoms with Gasteiger partial charge in [-0.15, -0.1) is 11.3 Å². The number of hydrogen-bond acceptors (Lipinski definition) is 3. The summed E-state index contributed by atoms with van der Waals surface area (Å²) in [6.45, 7) is 6.53. The van der Waals surface area contributed by atoms with Crippen molar-refractivity contribution < 1.29 is 9.53 Å². The Labute approximate surface area is 113 Å². The van der Waals surface area contributed by atoms with E-state index in [4.69, 9.17) is 4.74 Å². The Morgan fingerprint density at radius 1 is 1.39 bits per heavy atom. The Bertz CT molecular complexity index is 430. The molecule has 1 aromatic heterocycles. The topological polar surface area (TPSA) is 26.3 Å². The van der Waals surface area contributed by atoms with E-state index in [9.17, 15) is 4.79 Å². The average molecular weight is 266 g/mol. The second-order valence-corrected chi connectivity index (χ2v) is 7.34. The highest BCUT2D eigenvalue weighted by Crippen LogP contribution is 2.39. The molecule has 1 saturated carbocycles. The van der Waals surface area contributed by atoms with Crippen molar-refractivity contribution in [3.05, 3.63) is 21.9 Å². The van der Waals surface area contributed by atoms with Gasteiger partial charge in [-0.2, -0.15) is 0 Å². The maximum absolute atomic E-state index is 12.3. The minimum Gasteiger partial charge on any atom is -0.378 e. The normalized spacial score (nSPS) is 18.4. The van der Waals surface area contributed by atoms with Gasteiger partial charge in [0.05, 0.1) is 10.5 Å². The Morgan fingerprint density at radius 3 is 2.44 bits per heavy atom. The molecule has 100 valence electrons. The molecule has 18 heavy (non-hydrogen) atoms. The summed E-state index contributed by atoms with van der Waals surface area (Å²) >= 11 is 1.63. The quantitative estimate of drug-likeness (QED) is 0.764. The van der Waals surface area contributed by atoms with Gasteiger partial charge in [-0.3, -0.25) is 4.79 Å². The van der Waals surface area contributed by atoms with Gasteiger partial charge in [-0.05, 0) is 36.8 Å². The fourth-order valence-corrected chi connectivity index (χ4v) is 3.30. The first-order valence-corrected chi connectivity index (χ1v) is 7.37. The van der Waals surface area contributed by atoms with E-state index in [2.05, 4.69) is 26.8 Å². The zero-order valence-corrected chi connectivity index (χ0v) is 12.5. The van der Waals surface area contributed by atoms with Crippen LogP contribution in [0.2, 0.25) is 0 Å². The summed E-state index contributed by atoms with van der Waals surface area (Å²) in [7, 11) is 1.72. The summed E-state index contributed by atoms with van der Waals surface area (Å²) in [5.41, 5.74) is -0.0401. The Hall–Kier alpha value is -0.670. The lowest BCUT2D eigenvalue weighted by molar-refractivity contribution is -0.0704. The standard InChI is InChI=1S/C15H22O2S/c1-14(2,3)13-7-6-12(18-13)11(16)10-15(17-4)8-5-9-15/h6-7H,5,8-10H2,1-4H3. The number of thiophene rings is 1. The Balaban J connectivity index is 2.08. The van der Waals surface area contributed by atoms with E-state index < -0.39 is 0 Å². The third-order valence-corrected chi connectivity index (χ3v) is 5.35. The SMILES string of the molecule is COC1(CC(=O)c2ccc(C(C)(C)C)s2)CCC1. The van der Waals surface area contributed by atoms with E-state index in [-0.39, 0.29) is 16.8 Å². The van der Waals surface area contributed by atoms with Gasteiger partial charge in [0.2, 0.25) is 0 Å². The van der Waals surface area contributed by atoms with Crippen molar-refractivity contribution in [2.45, 2.75) is 57.5 Å². The first-order chi connectivity index (χ1) is 8.36. The first-order valence-electron chi connectivity index (χ1n) is 6.55. The maximum atomic E-state index is 12.3. The summed E-state index contributed by atoms with van der Waals surface area (Å²) < 4.78 is 5.52. The summed E-state index contributed by atoms with van der Waals surface area (Å²) in [6.07, 6.45) is 3.76. The number of carbonyl (C=O) groups excluding carboxylic acids is 1. The van der Waals surface area contributed by atoms with Gasteiger partial charge in [-0.25, -0.2) is 0 Å². The third-order valence-electron chi connectivity index (χ3n) is 3.80. The average Bonchev–Trinajstić information content (AvgIpc) is 2.71. The molecule has 0 N–H and O–H groups in total. The summed E-state index contributed by atoms with van der Waals surface area (Å²) in [5.74, 6) is 0.233. The third kappa shape index (κ3) is 2.67. The monoisotopic (exact) mass is 266 g/mol. The Morgan fingerprint density at radius 2 is 2.06 bits per heavy atom. The van der Waals surface area contributed by atoms with E-state index in [0.717, 1.165) is 17.7 Å². The molecule has 0 radical (unpaired) electrons. The lowest BCUT2D eigenvalue weighted by atomic mass is 9.76. The number of rotatable bonds is 4. The van der Waals surface area contributed by atoms with E-state index in [1.807, 2.05) is 6.07 Å². The van der Waals surface area contributed by atoms with Crippen molar-refractivity contribution in [1.82, 2.24) is 0 Å². The van der Waals surface area contributed by atoms with Crippen molar-refractivity contribution in [3.63, 3.8) is 0 Å². The predicted molar refractivity (Wildman–Crippen MR) is 75.6 cm³/mol. The van der Waals surface area contributed by atoms with Gasteiger partial charge in [0.1, 0.15) is 0 Å². The van der Waals surface area contributed by atoms with E-state index in [1.54, 1.807) is 18.4 Å². The predicted octanol–water partition coefficient (Wildman–Crippen LogP) is 4.19. The van der Waals surface area contributed by atoms with Crippen molar-refractivity contribution in [2.75, 3.05) is 7.11 Å². The summed E-state index contributed by atoms with van der Waals surface area (Å²) in [5, 5.41) is 0. The number of carbonyl (C=O) groups is 1. The molecular formula is C15H22O2S. The van der Waals surface area contributed by atoms with Crippen LogP contribution in [0.25, 0.3) is 0 Å². The maximum Gasteiger partial charge on any atom is 0.175 e. The van der Waals surface area contributed by atoms with Crippen LogP contribution in [0.3, 0.4) is 0 Å². The molecule has 2 rings (SSSR count). The summed E-state index contributed by atoms with van der Waals surface area (Å²) in [4.78, 5) is 14.4. The highest BCUT2D eigenvalue weighted by molar-refractivity contribution is 7.14. The van der Waals surface area contributed by atoms with Crippen LogP contribution >= 0.6 is 11.3 Å². The zero-order valence-electron chi connectivity index (χ0n) is 11.7. The molecule has 0 aromatic carbocycles. The van der Waals surface area contributed by atoms with E-state index in [0.29, 0.717) is 6.42 Å². The minimum absolute atomic E-state index is 0.124. The number of ether oxygens (including phenoxy) is 1. The van der Waals surface area contributed by atoms with Crippen molar-refractivity contribution in [2.24, 2.45) is 0 Å². The molecule has 0 saturated heterocycles. The number of ketones is 1. The largest absolute Gasteiger partial charge is 0.378 e. The molecule has 1 aliphatic rings. The van der Waals surface area contributed by atoms with E-state index >= 15 is 0 Å². The van der Waals surface area contributed by atoms with Crippen LogP contribution in [0.15, 0.2) is 12.1 Å². The van der Waals surface area contributed by atoms with Crippen molar-refractivity contribution in [1.29, 1.82) is 0 Å². The molecule has 0 spiro atoms. The van der Waals surface area contributed by atoms with Gasteiger partial charge in [0.15, 0.2) is 5.78 Å². The van der Waals surface area contributed by atoms with Gasteiger partial charge < -0.3 is 4.74 Å². The van der Waals surface area contributed by atoms with Gasteiger partial charge >= 0.3 is 0 Å². The second-order valence-electron chi connectivity index (χ2n) is 6.25. The van der Waals surface area contributed by atoms with Gasteiger partial charge in [-0.1, -0.05) is 20.8 Å². The van der Waals surface area contributed by atoms with Crippen LogP contribution in [0.4, 0.5) is 0 Å². The summed E-state index contributed by atoms with van der Waals surface area (Å²) in [6, 6.07) is 4.05. The van der Waals surface area contributed by atoms with Crippen LogP contribution < -0.4 is 0 Å². The number of hydrogen-bond donors (Lipinski definition) is 0. The van der Waals surface area contributed by atoms with Crippen LogP contribution in [0.1, 0.15) is 61.0 Å². The lowest BCUT2D eigenvalue weighted by Crippen LogP contribution is -2.41. The molecule has 2 nitrogen and oxygen atoms in total. The van der Waals surface area contributed by atoms with Crippen LogP contribution in [-0.4, -0.2) is 18.5 Å². The van der Waals surface area contributed by atoms with E-state index in [1.165, 1.54) is 11.3 Å². The first kappa shape index (κ1) is 13.8. The molecule has 0 atom stereocenters. The Kier molecular flexibility index (Phi) is 3.65. The van der Waals surface area contributed by atoms with Crippen molar-refractivity contribution in [3.8, 4) is 0 Å². The molecule has 1 fully saturated rings. The van der Waals surface area contributed by atoms with Crippen LogP contribution in [0.5, 0.6) is 0 Å². The highest BCUT2D eigenvalue weighted by Gasteiger charge is 2.39.